The van der Waals surface area contributed by atoms with Crippen molar-refractivity contribution in [1.82, 2.24) is 5.32 Å². The second-order valence-electron chi connectivity index (χ2n) is 4.89. The van der Waals surface area contributed by atoms with Gasteiger partial charge in [-0.05, 0) is 49.6 Å². The van der Waals surface area contributed by atoms with Crippen LogP contribution in [0.15, 0.2) is 12.1 Å². The second-order valence-corrected chi connectivity index (χ2v) is 5.30. The Labute approximate surface area is 113 Å². The Morgan fingerprint density at radius 2 is 2.28 bits per heavy atom. The van der Waals surface area contributed by atoms with Crippen LogP contribution in [0.2, 0.25) is 5.02 Å². The molecule has 1 fully saturated rings. The fourth-order valence-electron chi connectivity index (χ4n) is 2.55. The molecule has 2 unspecified atom stereocenters. The molecule has 1 aromatic carbocycles. The molecule has 3 nitrogen and oxygen atoms in total. The first-order valence-corrected chi connectivity index (χ1v) is 6.74. The average molecular weight is 270 g/mol. The van der Waals surface area contributed by atoms with Crippen molar-refractivity contribution in [2.45, 2.75) is 25.9 Å². The first-order chi connectivity index (χ1) is 8.63. The number of halogens is 1. The highest BCUT2D eigenvalue weighted by Crippen LogP contribution is 2.35. The van der Waals surface area contributed by atoms with Crippen LogP contribution in [0.1, 0.15) is 30.1 Å². The summed E-state index contributed by atoms with van der Waals surface area (Å²) in [7, 11) is 1.60. The smallest absolute Gasteiger partial charge is 0.137 e. The number of benzene rings is 1. The Morgan fingerprint density at radius 1 is 1.50 bits per heavy atom. The van der Waals surface area contributed by atoms with Gasteiger partial charge in [-0.15, -0.1) is 0 Å². The van der Waals surface area contributed by atoms with Gasteiger partial charge < -0.3 is 15.2 Å². The lowest BCUT2D eigenvalue weighted by Crippen LogP contribution is -2.33. The van der Waals surface area contributed by atoms with Crippen LogP contribution in [0.4, 0.5) is 0 Å². The Morgan fingerprint density at radius 3 is 2.89 bits per heavy atom. The van der Waals surface area contributed by atoms with Crippen LogP contribution in [-0.2, 0) is 0 Å². The number of aliphatic hydroxyl groups excluding tert-OH is 1. The van der Waals surface area contributed by atoms with E-state index in [2.05, 4.69) is 5.32 Å². The quantitative estimate of drug-likeness (QED) is 0.887. The van der Waals surface area contributed by atoms with Crippen LogP contribution in [-0.4, -0.2) is 25.3 Å². The summed E-state index contributed by atoms with van der Waals surface area (Å²) in [6.45, 7) is 3.89. The third-order valence-electron chi connectivity index (χ3n) is 3.64. The van der Waals surface area contributed by atoms with E-state index in [0.29, 0.717) is 10.8 Å². The highest BCUT2D eigenvalue weighted by Gasteiger charge is 2.24. The molecular weight excluding hydrogens is 250 g/mol. The normalized spacial score (nSPS) is 21.7. The summed E-state index contributed by atoms with van der Waals surface area (Å²) >= 11 is 6.13. The van der Waals surface area contributed by atoms with Crippen LogP contribution in [0.3, 0.4) is 0 Å². The second kappa shape index (κ2) is 5.91. The molecule has 2 atom stereocenters. The molecule has 0 amide bonds. The van der Waals surface area contributed by atoms with Crippen molar-refractivity contribution in [2.24, 2.45) is 5.92 Å². The molecule has 0 saturated carbocycles. The van der Waals surface area contributed by atoms with Gasteiger partial charge in [0.1, 0.15) is 5.75 Å². The molecule has 0 aromatic heterocycles. The lowest BCUT2D eigenvalue weighted by molar-refractivity contribution is 0.0916. The zero-order valence-electron chi connectivity index (χ0n) is 10.9. The summed E-state index contributed by atoms with van der Waals surface area (Å²) in [6, 6.07) is 3.71. The van der Waals surface area contributed by atoms with Crippen LogP contribution in [0, 0.1) is 12.8 Å². The van der Waals surface area contributed by atoms with E-state index in [1.165, 1.54) is 0 Å². The fourth-order valence-corrected chi connectivity index (χ4v) is 2.80. The molecule has 1 aliphatic rings. The number of nitrogens with one attached hydrogen (secondary N) is 1. The third kappa shape index (κ3) is 2.79. The molecule has 0 radical (unpaired) electrons. The number of rotatable bonds is 3. The van der Waals surface area contributed by atoms with E-state index >= 15 is 0 Å². The average Bonchev–Trinajstić information content (AvgIpc) is 2.41. The molecular formula is C14H20ClNO2. The van der Waals surface area contributed by atoms with Gasteiger partial charge in [0.2, 0.25) is 0 Å². The van der Waals surface area contributed by atoms with Gasteiger partial charge in [0, 0.05) is 12.5 Å². The lowest BCUT2D eigenvalue weighted by atomic mass is 9.87. The van der Waals surface area contributed by atoms with Crippen molar-refractivity contribution in [3.05, 3.63) is 28.3 Å². The SMILES string of the molecule is COc1cc(C)c(C(O)C2CCCNC2)cc1Cl. The van der Waals surface area contributed by atoms with Gasteiger partial charge in [-0.3, -0.25) is 0 Å². The molecule has 1 aliphatic heterocycles. The number of methoxy groups -OCH3 is 1. The first-order valence-electron chi connectivity index (χ1n) is 6.36. The topological polar surface area (TPSA) is 41.5 Å². The summed E-state index contributed by atoms with van der Waals surface area (Å²) in [6.07, 6.45) is 1.71. The predicted octanol–water partition coefficient (Wildman–Crippen LogP) is 2.69. The minimum atomic E-state index is -0.457. The molecule has 4 heteroatoms. The Hall–Kier alpha value is -0.770. The number of piperidine rings is 1. The van der Waals surface area contributed by atoms with Gasteiger partial charge >= 0.3 is 0 Å². The molecule has 2 N–H and O–H groups in total. The molecule has 100 valence electrons. The highest BCUT2D eigenvalue weighted by molar-refractivity contribution is 6.32. The van der Waals surface area contributed by atoms with Crippen molar-refractivity contribution in [1.29, 1.82) is 0 Å². The van der Waals surface area contributed by atoms with Crippen molar-refractivity contribution in [3.63, 3.8) is 0 Å². The Balaban J connectivity index is 2.23. The molecule has 0 spiro atoms. The molecule has 0 aliphatic carbocycles. The monoisotopic (exact) mass is 269 g/mol. The summed E-state index contributed by atoms with van der Waals surface area (Å²) in [5.41, 5.74) is 1.93. The van der Waals surface area contributed by atoms with E-state index in [0.717, 1.165) is 37.1 Å². The molecule has 1 aromatic rings. The van der Waals surface area contributed by atoms with E-state index in [1.54, 1.807) is 7.11 Å². The zero-order valence-corrected chi connectivity index (χ0v) is 11.6. The minimum absolute atomic E-state index is 0.266. The van der Waals surface area contributed by atoms with E-state index < -0.39 is 6.10 Å². The third-order valence-corrected chi connectivity index (χ3v) is 3.94. The van der Waals surface area contributed by atoms with Crippen molar-refractivity contribution in [2.75, 3.05) is 20.2 Å². The van der Waals surface area contributed by atoms with E-state index in [1.807, 2.05) is 19.1 Å². The molecule has 18 heavy (non-hydrogen) atoms. The van der Waals surface area contributed by atoms with E-state index in [-0.39, 0.29) is 5.92 Å². The zero-order chi connectivity index (χ0) is 13.1. The maximum Gasteiger partial charge on any atom is 0.137 e. The van der Waals surface area contributed by atoms with Gasteiger partial charge in [0.05, 0.1) is 18.2 Å². The fraction of sp³-hybridized carbons (Fsp3) is 0.571. The molecule has 0 bridgehead atoms. The Kier molecular flexibility index (Phi) is 4.49. The maximum absolute atomic E-state index is 10.5. The van der Waals surface area contributed by atoms with Crippen molar-refractivity contribution < 1.29 is 9.84 Å². The maximum atomic E-state index is 10.5. The number of aryl methyl sites for hydroxylation is 1. The standard InChI is InChI=1S/C14H20ClNO2/c1-9-6-13(18-2)12(15)7-11(9)14(17)10-4-3-5-16-8-10/h6-7,10,14,16-17H,3-5,8H2,1-2H3. The number of hydrogen-bond donors (Lipinski definition) is 2. The number of ether oxygens (including phenoxy) is 1. The van der Waals surface area contributed by atoms with Crippen molar-refractivity contribution >= 4 is 11.6 Å². The van der Waals surface area contributed by atoms with Gasteiger partial charge in [0.15, 0.2) is 0 Å². The Bertz CT molecular complexity index is 417. The summed E-state index contributed by atoms with van der Waals surface area (Å²) in [4.78, 5) is 0. The molecule has 1 heterocycles. The lowest BCUT2D eigenvalue weighted by Gasteiger charge is -2.28. The molecule has 1 saturated heterocycles. The number of aliphatic hydroxyl groups is 1. The van der Waals surface area contributed by atoms with Gasteiger partial charge in [0.25, 0.3) is 0 Å². The molecule has 2 rings (SSSR count). The van der Waals surface area contributed by atoms with Crippen LogP contribution in [0.5, 0.6) is 5.75 Å². The van der Waals surface area contributed by atoms with Gasteiger partial charge in [-0.25, -0.2) is 0 Å². The summed E-state index contributed by atoms with van der Waals surface area (Å²) < 4.78 is 5.18. The summed E-state index contributed by atoms with van der Waals surface area (Å²) in [5.74, 6) is 0.925. The largest absolute Gasteiger partial charge is 0.495 e. The van der Waals surface area contributed by atoms with Crippen LogP contribution in [0.25, 0.3) is 0 Å². The predicted molar refractivity (Wildman–Crippen MR) is 73.3 cm³/mol. The van der Waals surface area contributed by atoms with E-state index in [4.69, 9.17) is 16.3 Å². The van der Waals surface area contributed by atoms with Crippen LogP contribution < -0.4 is 10.1 Å². The van der Waals surface area contributed by atoms with Gasteiger partial charge in [-0.2, -0.15) is 0 Å². The number of hydrogen-bond acceptors (Lipinski definition) is 3. The van der Waals surface area contributed by atoms with Gasteiger partial charge in [-0.1, -0.05) is 11.6 Å². The first kappa shape index (κ1) is 13.7. The van der Waals surface area contributed by atoms with Crippen molar-refractivity contribution in [3.8, 4) is 5.75 Å². The summed E-state index contributed by atoms with van der Waals surface area (Å²) in [5, 5.41) is 14.4. The van der Waals surface area contributed by atoms with E-state index in [9.17, 15) is 5.11 Å². The minimum Gasteiger partial charge on any atom is -0.495 e. The highest BCUT2D eigenvalue weighted by atomic mass is 35.5. The van der Waals surface area contributed by atoms with Crippen LogP contribution >= 0.6 is 11.6 Å².